The second-order valence-corrected chi connectivity index (χ2v) is 7.51. The van der Waals surface area contributed by atoms with E-state index in [1.165, 1.54) is 37.8 Å². The largest absolute Gasteiger partial charge is 0.314 e. The van der Waals surface area contributed by atoms with E-state index in [9.17, 15) is 4.39 Å². The number of halogens is 2. The highest BCUT2D eigenvalue weighted by Gasteiger charge is 2.31. The number of rotatable bonds is 5. The molecule has 0 aromatic heterocycles. The lowest BCUT2D eigenvalue weighted by Gasteiger charge is -2.38. The zero-order chi connectivity index (χ0) is 15.5. The van der Waals surface area contributed by atoms with Crippen molar-refractivity contribution in [1.82, 2.24) is 5.32 Å². The molecule has 0 saturated heterocycles. The summed E-state index contributed by atoms with van der Waals surface area (Å²) < 4.78 is 13.2. The fraction of sp³-hybridized carbons (Fsp3) is 0.667. The summed E-state index contributed by atoms with van der Waals surface area (Å²) in [5, 5.41) is 4.17. The standard InChI is InChI=1S/C18H27ClFN/c1-4-21-17(13-7-9-18(2,3)10-8-13)11-14-5-6-15(20)12-16(14)19/h5-6,12-13,17,21H,4,7-11H2,1-3H3. The van der Waals surface area contributed by atoms with E-state index in [0.29, 0.717) is 22.4 Å². The van der Waals surface area contributed by atoms with E-state index in [0.717, 1.165) is 18.5 Å². The van der Waals surface area contributed by atoms with Crippen LogP contribution < -0.4 is 5.32 Å². The Morgan fingerprint density at radius 3 is 2.57 bits per heavy atom. The molecule has 2 rings (SSSR count). The van der Waals surface area contributed by atoms with E-state index in [1.807, 2.05) is 6.07 Å². The molecule has 1 aromatic carbocycles. The van der Waals surface area contributed by atoms with Gasteiger partial charge in [-0.25, -0.2) is 4.39 Å². The minimum atomic E-state index is -0.261. The van der Waals surface area contributed by atoms with Gasteiger partial charge in [0.1, 0.15) is 5.82 Å². The third-order valence-electron chi connectivity index (χ3n) is 4.87. The topological polar surface area (TPSA) is 12.0 Å². The molecule has 0 bridgehead atoms. The van der Waals surface area contributed by atoms with Crippen molar-refractivity contribution in [3.8, 4) is 0 Å². The van der Waals surface area contributed by atoms with Gasteiger partial charge in [-0.15, -0.1) is 0 Å². The Bertz CT molecular complexity index is 462. The van der Waals surface area contributed by atoms with Gasteiger partial charge in [0.05, 0.1) is 0 Å². The molecule has 0 aliphatic heterocycles. The van der Waals surface area contributed by atoms with Crippen LogP contribution in [0.3, 0.4) is 0 Å². The first-order valence-corrected chi connectivity index (χ1v) is 8.46. The van der Waals surface area contributed by atoms with E-state index >= 15 is 0 Å². The Morgan fingerprint density at radius 1 is 1.33 bits per heavy atom. The molecule has 0 amide bonds. The van der Waals surface area contributed by atoms with Crippen molar-refractivity contribution in [3.63, 3.8) is 0 Å². The molecule has 3 heteroatoms. The van der Waals surface area contributed by atoms with Crippen LogP contribution in [0.25, 0.3) is 0 Å². The molecule has 1 fully saturated rings. The maximum atomic E-state index is 13.2. The normalized spacial score (nSPS) is 20.4. The van der Waals surface area contributed by atoms with Crippen LogP contribution in [0.4, 0.5) is 4.39 Å². The van der Waals surface area contributed by atoms with Crippen LogP contribution in [0.15, 0.2) is 18.2 Å². The van der Waals surface area contributed by atoms with Crippen LogP contribution in [0.5, 0.6) is 0 Å². The Labute approximate surface area is 133 Å². The monoisotopic (exact) mass is 311 g/mol. The molecule has 1 aliphatic carbocycles. The molecule has 0 radical (unpaired) electrons. The number of hydrogen-bond acceptors (Lipinski definition) is 1. The van der Waals surface area contributed by atoms with Crippen LogP contribution in [-0.4, -0.2) is 12.6 Å². The fourth-order valence-corrected chi connectivity index (χ4v) is 3.66. The maximum absolute atomic E-state index is 13.2. The average molecular weight is 312 g/mol. The highest BCUT2D eigenvalue weighted by atomic mass is 35.5. The summed E-state index contributed by atoms with van der Waals surface area (Å²) in [5.41, 5.74) is 1.54. The van der Waals surface area contributed by atoms with Gasteiger partial charge in [-0.05, 0) is 67.7 Å². The van der Waals surface area contributed by atoms with Gasteiger partial charge in [0.2, 0.25) is 0 Å². The Balaban J connectivity index is 2.05. The van der Waals surface area contributed by atoms with Gasteiger partial charge < -0.3 is 5.32 Å². The molecule has 1 saturated carbocycles. The predicted octanol–water partition coefficient (Wildman–Crippen LogP) is 5.22. The van der Waals surface area contributed by atoms with E-state index in [4.69, 9.17) is 11.6 Å². The molecule has 1 aliphatic rings. The average Bonchev–Trinajstić information content (AvgIpc) is 2.41. The van der Waals surface area contributed by atoms with Crippen LogP contribution in [0, 0.1) is 17.2 Å². The Morgan fingerprint density at radius 2 is 2.00 bits per heavy atom. The molecule has 118 valence electrons. The zero-order valence-corrected chi connectivity index (χ0v) is 14.1. The highest BCUT2D eigenvalue weighted by molar-refractivity contribution is 6.31. The van der Waals surface area contributed by atoms with Gasteiger partial charge in [0, 0.05) is 11.1 Å². The van der Waals surface area contributed by atoms with Crippen molar-refractivity contribution in [3.05, 3.63) is 34.6 Å². The fourth-order valence-electron chi connectivity index (χ4n) is 3.42. The second-order valence-electron chi connectivity index (χ2n) is 7.11. The second kappa shape index (κ2) is 7.11. The van der Waals surface area contributed by atoms with Gasteiger partial charge in [-0.2, -0.15) is 0 Å². The van der Waals surface area contributed by atoms with Gasteiger partial charge in [0.15, 0.2) is 0 Å². The quantitative estimate of drug-likeness (QED) is 0.786. The molecule has 1 atom stereocenters. The summed E-state index contributed by atoms with van der Waals surface area (Å²) in [6.45, 7) is 7.83. The van der Waals surface area contributed by atoms with Crippen molar-refractivity contribution in [2.45, 2.75) is 58.9 Å². The lowest BCUT2D eigenvalue weighted by molar-refractivity contribution is 0.161. The van der Waals surface area contributed by atoms with Gasteiger partial charge in [-0.3, -0.25) is 0 Å². The van der Waals surface area contributed by atoms with Crippen molar-refractivity contribution < 1.29 is 4.39 Å². The molecule has 1 N–H and O–H groups in total. The number of likely N-dealkylation sites (N-methyl/N-ethyl adjacent to an activating group) is 1. The molecule has 1 nitrogen and oxygen atoms in total. The van der Waals surface area contributed by atoms with Crippen molar-refractivity contribution in [1.29, 1.82) is 0 Å². The lowest BCUT2D eigenvalue weighted by Crippen LogP contribution is -2.40. The minimum Gasteiger partial charge on any atom is -0.314 e. The number of nitrogens with one attached hydrogen (secondary N) is 1. The first-order chi connectivity index (χ1) is 9.91. The SMILES string of the molecule is CCNC(Cc1ccc(F)cc1Cl)C1CCC(C)(C)CC1. The third kappa shape index (κ3) is 4.69. The number of benzene rings is 1. The van der Waals surface area contributed by atoms with E-state index in [2.05, 4.69) is 26.1 Å². The molecular weight excluding hydrogens is 285 g/mol. The van der Waals surface area contributed by atoms with E-state index in [-0.39, 0.29) is 5.82 Å². The first kappa shape index (κ1) is 16.8. The van der Waals surface area contributed by atoms with Gasteiger partial charge in [0.25, 0.3) is 0 Å². The highest BCUT2D eigenvalue weighted by Crippen LogP contribution is 2.40. The third-order valence-corrected chi connectivity index (χ3v) is 5.23. The smallest absolute Gasteiger partial charge is 0.124 e. The Hall–Kier alpha value is -0.600. The van der Waals surface area contributed by atoms with Crippen molar-refractivity contribution in [2.75, 3.05) is 6.54 Å². The van der Waals surface area contributed by atoms with Crippen LogP contribution in [0.1, 0.15) is 52.0 Å². The molecule has 0 heterocycles. The molecular formula is C18H27ClFN. The van der Waals surface area contributed by atoms with Gasteiger partial charge >= 0.3 is 0 Å². The maximum Gasteiger partial charge on any atom is 0.124 e. The summed E-state index contributed by atoms with van der Waals surface area (Å²) in [5.74, 6) is 0.433. The summed E-state index contributed by atoms with van der Waals surface area (Å²) in [4.78, 5) is 0. The summed E-state index contributed by atoms with van der Waals surface area (Å²) in [7, 11) is 0. The zero-order valence-electron chi connectivity index (χ0n) is 13.4. The lowest BCUT2D eigenvalue weighted by atomic mass is 9.70. The van der Waals surface area contributed by atoms with Crippen molar-refractivity contribution >= 4 is 11.6 Å². The summed E-state index contributed by atoms with van der Waals surface area (Å²) in [6.07, 6.45) is 6.00. The minimum absolute atomic E-state index is 0.261. The summed E-state index contributed by atoms with van der Waals surface area (Å²) in [6, 6.07) is 5.20. The van der Waals surface area contributed by atoms with Crippen LogP contribution in [-0.2, 0) is 6.42 Å². The first-order valence-electron chi connectivity index (χ1n) is 8.08. The van der Waals surface area contributed by atoms with E-state index < -0.39 is 0 Å². The van der Waals surface area contributed by atoms with Crippen LogP contribution in [0.2, 0.25) is 5.02 Å². The molecule has 1 aromatic rings. The Kier molecular flexibility index (Phi) is 5.67. The van der Waals surface area contributed by atoms with Crippen LogP contribution >= 0.6 is 11.6 Å². The predicted molar refractivity (Wildman–Crippen MR) is 88.3 cm³/mol. The van der Waals surface area contributed by atoms with Crippen molar-refractivity contribution in [2.24, 2.45) is 11.3 Å². The number of hydrogen-bond donors (Lipinski definition) is 1. The van der Waals surface area contributed by atoms with E-state index in [1.54, 1.807) is 0 Å². The van der Waals surface area contributed by atoms with Gasteiger partial charge in [-0.1, -0.05) is 38.4 Å². The summed E-state index contributed by atoms with van der Waals surface area (Å²) >= 11 is 6.19. The molecule has 21 heavy (non-hydrogen) atoms. The molecule has 0 spiro atoms. The molecule has 1 unspecified atom stereocenters.